The molecule has 1 rings (SSSR count). The molecule has 0 unspecified atom stereocenters. The second kappa shape index (κ2) is 5.79. The summed E-state index contributed by atoms with van der Waals surface area (Å²) in [6, 6.07) is 0. The molecule has 0 aromatic heterocycles. The lowest BCUT2D eigenvalue weighted by Gasteiger charge is -2.10. The molecule has 2 heteroatoms. The fraction of sp³-hybridized carbons (Fsp3) is 0.727. The van der Waals surface area contributed by atoms with Crippen molar-refractivity contribution in [3.8, 4) is 0 Å². The predicted octanol–water partition coefficient (Wildman–Crippen LogP) is 2.53. The maximum absolute atomic E-state index is 10.6. The quantitative estimate of drug-likeness (QED) is 0.668. The molecule has 1 aliphatic carbocycles. The topological polar surface area (TPSA) is 43.1 Å². The number of hydrogen-bond acceptors (Lipinski definition) is 1. The van der Waals surface area contributed by atoms with Crippen molar-refractivity contribution in [3.63, 3.8) is 0 Å². The average Bonchev–Trinajstić information content (AvgIpc) is 2.01. The molecule has 0 aliphatic heterocycles. The van der Waals surface area contributed by atoms with Gasteiger partial charge in [-0.05, 0) is 32.1 Å². The van der Waals surface area contributed by atoms with Gasteiger partial charge in [0.15, 0.2) is 0 Å². The summed E-state index contributed by atoms with van der Waals surface area (Å²) in [6.07, 6.45) is 11.4. The first-order valence-electron chi connectivity index (χ1n) is 5.25. The lowest BCUT2D eigenvalue weighted by Crippen LogP contribution is -2.10. The van der Waals surface area contributed by atoms with E-state index in [1.807, 2.05) is 0 Å². The number of primary amides is 1. The van der Waals surface area contributed by atoms with Crippen LogP contribution >= 0.6 is 0 Å². The summed E-state index contributed by atoms with van der Waals surface area (Å²) >= 11 is 0. The molecule has 74 valence electrons. The van der Waals surface area contributed by atoms with Gasteiger partial charge in [-0.25, -0.2) is 0 Å². The van der Waals surface area contributed by atoms with Crippen molar-refractivity contribution in [1.82, 2.24) is 0 Å². The van der Waals surface area contributed by atoms with Crippen LogP contribution in [0.25, 0.3) is 0 Å². The fourth-order valence-electron chi connectivity index (χ4n) is 1.77. The second-order valence-electron chi connectivity index (χ2n) is 3.78. The van der Waals surface area contributed by atoms with Gasteiger partial charge < -0.3 is 5.73 Å². The Morgan fingerprint density at radius 2 is 2.08 bits per heavy atom. The van der Waals surface area contributed by atoms with Crippen LogP contribution in [0.5, 0.6) is 0 Å². The van der Waals surface area contributed by atoms with Crippen LogP contribution in [0.15, 0.2) is 11.6 Å². The van der Waals surface area contributed by atoms with Gasteiger partial charge in [0.05, 0.1) is 0 Å². The van der Waals surface area contributed by atoms with Crippen LogP contribution in [0.3, 0.4) is 0 Å². The summed E-state index contributed by atoms with van der Waals surface area (Å²) in [5.74, 6) is -0.178. The molecule has 0 bridgehead atoms. The summed E-state index contributed by atoms with van der Waals surface area (Å²) in [5.41, 5.74) is 6.56. The van der Waals surface area contributed by atoms with Gasteiger partial charge in [0.2, 0.25) is 5.91 Å². The fourth-order valence-corrected chi connectivity index (χ4v) is 1.77. The van der Waals surface area contributed by atoms with E-state index in [-0.39, 0.29) is 5.91 Å². The van der Waals surface area contributed by atoms with E-state index in [1.165, 1.54) is 44.1 Å². The summed E-state index contributed by atoms with van der Waals surface area (Å²) in [5, 5.41) is 0. The molecule has 2 N–H and O–H groups in total. The molecule has 0 aromatic carbocycles. The number of carbonyl (C=O) groups excluding carboxylic acids is 1. The van der Waals surface area contributed by atoms with E-state index in [1.54, 1.807) is 0 Å². The summed E-state index contributed by atoms with van der Waals surface area (Å²) in [4.78, 5) is 10.6. The molecule has 0 spiro atoms. The Hall–Kier alpha value is -0.790. The number of allylic oxidation sites excluding steroid dienone is 2. The van der Waals surface area contributed by atoms with Crippen molar-refractivity contribution >= 4 is 5.91 Å². The highest BCUT2D eigenvalue weighted by atomic mass is 16.1. The van der Waals surface area contributed by atoms with E-state index < -0.39 is 0 Å². The zero-order chi connectivity index (χ0) is 9.52. The number of amides is 1. The van der Waals surface area contributed by atoms with Gasteiger partial charge in [-0.2, -0.15) is 0 Å². The smallest absolute Gasteiger partial charge is 0.217 e. The van der Waals surface area contributed by atoms with Crippen LogP contribution in [0.4, 0.5) is 0 Å². The van der Waals surface area contributed by atoms with Crippen LogP contribution in [0, 0.1) is 0 Å². The second-order valence-corrected chi connectivity index (χ2v) is 3.78. The van der Waals surface area contributed by atoms with Crippen molar-refractivity contribution < 1.29 is 4.79 Å². The normalized spacial score (nSPS) is 22.6. The first-order chi connectivity index (χ1) is 6.29. The van der Waals surface area contributed by atoms with Gasteiger partial charge in [0, 0.05) is 6.42 Å². The van der Waals surface area contributed by atoms with E-state index in [4.69, 9.17) is 5.73 Å². The standard InChI is InChI=1S/C11H19NO/c12-11(13)9-8-10-6-4-2-1-3-5-7-10/h6H,1-5,7-9H2,(H2,12,13)/b10-6+. The molecule has 1 amide bonds. The van der Waals surface area contributed by atoms with Crippen LogP contribution in [-0.2, 0) is 4.79 Å². The van der Waals surface area contributed by atoms with Crippen LogP contribution in [-0.4, -0.2) is 5.91 Å². The third kappa shape index (κ3) is 4.71. The molecule has 0 saturated heterocycles. The predicted molar refractivity (Wildman–Crippen MR) is 54.2 cm³/mol. The average molecular weight is 181 g/mol. The Morgan fingerprint density at radius 1 is 1.31 bits per heavy atom. The highest BCUT2D eigenvalue weighted by Gasteiger charge is 2.03. The largest absolute Gasteiger partial charge is 0.370 e. The molecule has 0 aromatic rings. The van der Waals surface area contributed by atoms with Crippen LogP contribution in [0.2, 0.25) is 0 Å². The minimum Gasteiger partial charge on any atom is -0.370 e. The monoisotopic (exact) mass is 181 g/mol. The van der Waals surface area contributed by atoms with Gasteiger partial charge in [-0.1, -0.05) is 24.5 Å². The first kappa shape index (κ1) is 10.3. The molecule has 0 radical (unpaired) electrons. The number of hydrogen-bond donors (Lipinski definition) is 1. The zero-order valence-electron chi connectivity index (χ0n) is 8.22. The highest BCUT2D eigenvalue weighted by molar-refractivity contribution is 5.73. The lowest BCUT2D eigenvalue weighted by atomic mass is 9.97. The van der Waals surface area contributed by atoms with Crippen molar-refractivity contribution in [1.29, 1.82) is 0 Å². The van der Waals surface area contributed by atoms with Crippen molar-refractivity contribution in [2.24, 2.45) is 5.73 Å². The Labute approximate surface area is 80.2 Å². The number of carbonyl (C=O) groups is 1. The molecule has 13 heavy (non-hydrogen) atoms. The van der Waals surface area contributed by atoms with Crippen molar-refractivity contribution in [2.45, 2.75) is 51.4 Å². The first-order valence-corrected chi connectivity index (χ1v) is 5.25. The zero-order valence-corrected chi connectivity index (χ0v) is 8.22. The Balaban J connectivity index is 2.31. The van der Waals surface area contributed by atoms with Crippen molar-refractivity contribution in [3.05, 3.63) is 11.6 Å². The summed E-state index contributed by atoms with van der Waals surface area (Å²) in [7, 11) is 0. The Morgan fingerprint density at radius 3 is 2.85 bits per heavy atom. The van der Waals surface area contributed by atoms with Gasteiger partial charge in [-0.3, -0.25) is 4.79 Å². The van der Waals surface area contributed by atoms with Gasteiger partial charge in [0.1, 0.15) is 0 Å². The van der Waals surface area contributed by atoms with Gasteiger partial charge in [0.25, 0.3) is 0 Å². The Bertz CT molecular complexity index is 196. The molecule has 0 fully saturated rings. The van der Waals surface area contributed by atoms with Crippen LogP contribution < -0.4 is 5.73 Å². The van der Waals surface area contributed by atoms with E-state index in [9.17, 15) is 4.79 Å². The molecule has 1 aliphatic rings. The SMILES string of the molecule is NC(=O)CC/C1=C/CCCCCC1. The third-order valence-electron chi connectivity index (χ3n) is 2.58. The Kier molecular flexibility index (Phi) is 4.58. The summed E-state index contributed by atoms with van der Waals surface area (Å²) in [6.45, 7) is 0. The number of rotatable bonds is 3. The van der Waals surface area contributed by atoms with Crippen molar-refractivity contribution in [2.75, 3.05) is 0 Å². The lowest BCUT2D eigenvalue weighted by molar-refractivity contribution is -0.117. The van der Waals surface area contributed by atoms with Gasteiger partial charge >= 0.3 is 0 Å². The van der Waals surface area contributed by atoms with E-state index in [0.29, 0.717) is 6.42 Å². The minimum absolute atomic E-state index is 0.178. The third-order valence-corrected chi connectivity index (χ3v) is 2.58. The maximum atomic E-state index is 10.6. The molecule has 0 heterocycles. The molecular weight excluding hydrogens is 162 g/mol. The molecular formula is C11H19NO. The minimum atomic E-state index is -0.178. The summed E-state index contributed by atoms with van der Waals surface area (Å²) < 4.78 is 0. The maximum Gasteiger partial charge on any atom is 0.217 e. The van der Waals surface area contributed by atoms with E-state index >= 15 is 0 Å². The van der Waals surface area contributed by atoms with E-state index in [2.05, 4.69) is 6.08 Å². The van der Waals surface area contributed by atoms with Crippen LogP contribution in [0.1, 0.15) is 51.4 Å². The molecule has 0 atom stereocenters. The highest BCUT2D eigenvalue weighted by Crippen LogP contribution is 2.20. The van der Waals surface area contributed by atoms with Gasteiger partial charge in [-0.15, -0.1) is 0 Å². The van der Waals surface area contributed by atoms with E-state index in [0.717, 1.165) is 6.42 Å². The molecule has 2 nitrogen and oxygen atoms in total. The number of nitrogens with two attached hydrogens (primary N) is 1. The molecule has 0 saturated carbocycles.